The molecule has 0 saturated carbocycles. The van der Waals surface area contributed by atoms with Crippen LogP contribution in [0.5, 0.6) is 5.75 Å². The van der Waals surface area contributed by atoms with Crippen LogP contribution in [0, 0.1) is 0 Å². The van der Waals surface area contributed by atoms with Crippen LogP contribution in [0.4, 0.5) is 0 Å². The zero-order valence-corrected chi connectivity index (χ0v) is 12.1. The van der Waals surface area contributed by atoms with Crippen LogP contribution in [0.15, 0.2) is 29.3 Å². The molecule has 0 unspecified atom stereocenters. The standard InChI is InChI=1S/C13H16BrNOS/c1-2-11-10-12(4-5-13(11)14)16-8-7-15-6-3-9-17-15/h2,4-5,10H,1,3,6-9H2. The summed E-state index contributed by atoms with van der Waals surface area (Å²) in [5.41, 5.74) is 1.07. The van der Waals surface area contributed by atoms with Crippen LogP contribution in [-0.2, 0) is 0 Å². The van der Waals surface area contributed by atoms with Crippen LogP contribution in [0.3, 0.4) is 0 Å². The molecule has 1 saturated heterocycles. The van der Waals surface area contributed by atoms with Crippen molar-refractivity contribution >= 4 is 34.0 Å². The Morgan fingerprint density at radius 2 is 2.41 bits per heavy atom. The van der Waals surface area contributed by atoms with Gasteiger partial charge in [0.1, 0.15) is 12.4 Å². The van der Waals surface area contributed by atoms with Gasteiger partial charge in [-0.15, -0.1) is 0 Å². The molecule has 17 heavy (non-hydrogen) atoms. The minimum atomic E-state index is 0.741. The zero-order chi connectivity index (χ0) is 12.1. The van der Waals surface area contributed by atoms with Gasteiger partial charge < -0.3 is 4.74 Å². The van der Waals surface area contributed by atoms with Crippen molar-refractivity contribution in [2.75, 3.05) is 25.4 Å². The molecular formula is C13H16BrNOS. The smallest absolute Gasteiger partial charge is 0.120 e. The average Bonchev–Trinajstić information content (AvgIpc) is 2.84. The van der Waals surface area contributed by atoms with Crippen molar-refractivity contribution < 1.29 is 4.74 Å². The van der Waals surface area contributed by atoms with Crippen LogP contribution >= 0.6 is 27.9 Å². The summed E-state index contributed by atoms with van der Waals surface area (Å²) in [4.78, 5) is 0. The Balaban J connectivity index is 1.83. The fraction of sp³-hybridized carbons (Fsp3) is 0.385. The first kappa shape index (κ1) is 13.0. The van der Waals surface area contributed by atoms with Crippen molar-refractivity contribution in [3.05, 3.63) is 34.8 Å². The molecule has 0 radical (unpaired) electrons. The first-order valence-electron chi connectivity index (χ1n) is 5.72. The molecule has 1 fully saturated rings. The molecule has 92 valence electrons. The van der Waals surface area contributed by atoms with E-state index in [1.54, 1.807) is 0 Å². The third-order valence-corrected chi connectivity index (χ3v) is 4.55. The van der Waals surface area contributed by atoms with Crippen molar-refractivity contribution in [1.29, 1.82) is 0 Å². The second-order valence-corrected chi connectivity index (χ2v) is 5.89. The molecule has 1 aliphatic heterocycles. The van der Waals surface area contributed by atoms with E-state index in [2.05, 4.69) is 26.8 Å². The van der Waals surface area contributed by atoms with Crippen LogP contribution in [-0.4, -0.2) is 29.8 Å². The van der Waals surface area contributed by atoms with Gasteiger partial charge in [0.15, 0.2) is 0 Å². The minimum absolute atomic E-state index is 0.741. The lowest BCUT2D eigenvalue weighted by Crippen LogP contribution is -2.19. The highest BCUT2D eigenvalue weighted by Gasteiger charge is 2.11. The average molecular weight is 314 g/mol. The molecule has 1 aromatic carbocycles. The zero-order valence-electron chi connectivity index (χ0n) is 9.69. The van der Waals surface area contributed by atoms with Crippen LogP contribution in [0.2, 0.25) is 0 Å². The van der Waals surface area contributed by atoms with Gasteiger partial charge in [-0.1, -0.05) is 40.5 Å². The molecule has 0 spiro atoms. The van der Waals surface area contributed by atoms with E-state index in [-0.39, 0.29) is 0 Å². The molecular weight excluding hydrogens is 298 g/mol. The summed E-state index contributed by atoms with van der Waals surface area (Å²) in [6.07, 6.45) is 3.12. The summed E-state index contributed by atoms with van der Waals surface area (Å²) in [6, 6.07) is 5.99. The van der Waals surface area contributed by atoms with Crippen molar-refractivity contribution in [2.24, 2.45) is 0 Å². The van der Waals surface area contributed by atoms with Gasteiger partial charge in [-0.05, 0) is 30.2 Å². The molecule has 0 aromatic heterocycles. The molecule has 4 heteroatoms. The Morgan fingerprint density at radius 3 is 3.12 bits per heavy atom. The topological polar surface area (TPSA) is 12.5 Å². The normalized spacial score (nSPS) is 16.1. The van der Waals surface area contributed by atoms with Gasteiger partial charge in [-0.25, -0.2) is 4.31 Å². The van der Waals surface area contributed by atoms with Gasteiger partial charge in [-0.3, -0.25) is 0 Å². The van der Waals surface area contributed by atoms with Gasteiger partial charge >= 0.3 is 0 Å². The third-order valence-electron chi connectivity index (χ3n) is 2.62. The van der Waals surface area contributed by atoms with E-state index in [0.29, 0.717) is 0 Å². The lowest BCUT2D eigenvalue weighted by molar-refractivity contribution is 0.286. The maximum atomic E-state index is 5.74. The third kappa shape index (κ3) is 3.76. The van der Waals surface area contributed by atoms with Gasteiger partial charge in [-0.2, -0.15) is 0 Å². The number of halogens is 1. The lowest BCUT2D eigenvalue weighted by Gasteiger charge is -2.14. The monoisotopic (exact) mass is 313 g/mol. The summed E-state index contributed by atoms with van der Waals surface area (Å²) >= 11 is 5.39. The summed E-state index contributed by atoms with van der Waals surface area (Å²) in [5, 5.41) is 0. The summed E-state index contributed by atoms with van der Waals surface area (Å²) < 4.78 is 9.16. The van der Waals surface area contributed by atoms with E-state index in [0.717, 1.165) is 28.9 Å². The van der Waals surface area contributed by atoms with Gasteiger partial charge in [0.2, 0.25) is 0 Å². The molecule has 2 rings (SSSR count). The number of rotatable bonds is 5. The molecule has 1 aromatic rings. The predicted octanol–water partition coefficient (Wildman–Crippen LogP) is 3.82. The molecule has 0 atom stereocenters. The molecule has 0 amide bonds. The number of nitrogens with zero attached hydrogens (tertiary/aromatic N) is 1. The quantitative estimate of drug-likeness (QED) is 0.767. The largest absolute Gasteiger partial charge is 0.492 e. The molecule has 0 bridgehead atoms. The predicted molar refractivity (Wildman–Crippen MR) is 78.4 cm³/mol. The summed E-state index contributed by atoms with van der Waals surface area (Å²) in [7, 11) is 0. The molecule has 0 N–H and O–H groups in total. The Bertz CT molecular complexity index is 391. The van der Waals surface area contributed by atoms with Crippen molar-refractivity contribution in [3.63, 3.8) is 0 Å². The van der Waals surface area contributed by atoms with Gasteiger partial charge in [0.25, 0.3) is 0 Å². The van der Waals surface area contributed by atoms with Crippen LogP contribution in [0.25, 0.3) is 6.08 Å². The highest BCUT2D eigenvalue weighted by molar-refractivity contribution is 9.10. The Hall–Kier alpha value is -0.450. The Kier molecular flexibility index (Phi) is 4.95. The van der Waals surface area contributed by atoms with Gasteiger partial charge in [0.05, 0.1) is 0 Å². The SMILES string of the molecule is C=Cc1cc(OCCN2CCCS2)ccc1Br. The number of benzene rings is 1. The molecule has 1 heterocycles. The van der Waals surface area contributed by atoms with E-state index in [4.69, 9.17) is 4.74 Å². The van der Waals surface area contributed by atoms with Gasteiger partial charge in [0, 0.05) is 23.3 Å². The fourth-order valence-corrected chi connectivity index (χ4v) is 3.10. The Morgan fingerprint density at radius 1 is 1.53 bits per heavy atom. The Labute approximate surface area is 115 Å². The molecule has 1 aliphatic rings. The van der Waals surface area contributed by atoms with Crippen molar-refractivity contribution in [3.8, 4) is 5.75 Å². The van der Waals surface area contributed by atoms with Crippen molar-refractivity contribution in [1.82, 2.24) is 4.31 Å². The summed E-state index contributed by atoms with van der Waals surface area (Å²) in [6.45, 7) is 6.70. The first-order chi connectivity index (χ1) is 8.29. The maximum absolute atomic E-state index is 5.74. The lowest BCUT2D eigenvalue weighted by atomic mass is 10.2. The first-order valence-corrected chi connectivity index (χ1v) is 7.46. The molecule has 0 aliphatic carbocycles. The highest BCUT2D eigenvalue weighted by Crippen LogP contribution is 2.24. The fourth-order valence-electron chi connectivity index (χ4n) is 1.71. The van der Waals surface area contributed by atoms with Crippen LogP contribution < -0.4 is 4.74 Å². The van der Waals surface area contributed by atoms with Crippen LogP contribution in [0.1, 0.15) is 12.0 Å². The number of hydrogen-bond donors (Lipinski definition) is 0. The van der Waals surface area contributed by atoms with E-state index in [1.165, 1.54) is 18.7 Å². The highest BCUT2D eigenvalue weighted by atomic mass is 79.9. The van der Waals surface area contributed by atoms with E-state index in [1.807, 2.05) is 36.2 Å². The summed E-state index contributed by atoms with van der Waals surface area (Å²) in [5.74, 6) is 2.16. The minimum Gasteiger partial charge on any atom is -0.492 e. The number of ether oxygens (including phenoxy) is 1. The number of hydrogen-bond acceptors (Lipinski definition) is 3. The van der Waals surface area contributed by atoms with E-state index in [9.17, 15) is 0 Å². The van der Waals surface area contributed by atoms with E-state index < -0.39 is 0 Å². The second-order valence-electron chi connectivity index (χ2n) is 3.85. The van der Waals surface area contributed by atoms with Crippen molar-refractivity contribution in [2.45, 2.75) is 6.42 Å². The second kappa shape index (κ2) is 6.47. The molecule has 2 nitrogen and oxygen atoms in total. The van der Waals surface area contributed by atoms with E-state index >= 15 is 0 Å². The maximum Gasteiger partial charge on any atom is 0.120 e.